The van der Waals surface area contributed by atoms with Crippen molar-refractivity contribution in [3.8, 4) is 6.07 Å². The summed E-state index contributed by atoms with van der Waals surface area (Å²) < 4.78 is 1.90. The van der Waals surface area contributed by atoms with Crippen LogP contribution in [-0.2, 0) is 6.54 Å². The second-order valence-electron chi connectivity index (χ2n) is 3.43. The molecule has 1 N–H and O–H groups in total. The number of hydrogen-bond acceptors (Lipinski definition) is 2. The fourth-order valence-electron chi connectivity index (χ4n) is 1.38. The number of rotatable bonds is 3. The molecule has 0 atom stereocenters. The average Bonchev–Trinajstić information content (AvgIpc) is 2.38. The Bertz CT molecular complexity index is 483. The summed E-state index contributed by atoms with van der Waals surface area (Å²) >= 11 is 0. The van der Waals surface area contributed by atoms with Gasteiger partial charge in [-0.2, -0.15) is 10.7 Å². The number of pyridine rings is 1. The fraction of sp³-hybridized carbons (Fsp3) is 0.0769. The first-order valence-electron chi connectivity index (χ1n) is 5.08. The van der Waals surface area contributed by atoms with E-state index in [1.54, 1.807) is 0 Å². The van der Waals surface area contributed by atoms with Crippen LogP contribution in [0.2, 0.25) is 0 Å². The van der Waals surface area contributed by atoms with Crippen LogP contribution >= 0.6 is 0 Å². The largest absolute Gasteiger partial charge is 0.199 e. The van der Waals surface area contributed by atoms with E-state index in [-0.39, 0.29) is 0 Å². The third-order valence-corrected chi connectivity index (χ3v) is 2.26. The molecule has 1 aromatic carbocycles. The molecular formula is C13H12N3+. The van der Waals surface area contributed by atoms with E-state index < -0.39 is 0 Å². The van der Waals surface area contributed by atoms with E-state index in [0.29, 0.717) is 5.56 Å². The maximum atomic E-state index is 8.67. The lowest BCUT2D eigenvalue weighted by atomic mass is 10.1. The number of hydrogen-bond donors (Lipinski definition) is 1. The van der Waals surface area contributed by atoms with Crippen LogP contribution in [0.3, 0.4) is 0 Å². The molecule has 0 saturated carbocycles. The summed E-state index contributed by atoms with van der Waals surface area (Å²) in [6.07, 6.45) is 3.90. The van der Waals surface area contributed by atoms with Crippen molar-refractivity contribution in [2.45, 2.75) is 6.54 Å². The van der Waals surface area contributed by atoms with Gasteiger partial charge in [-0.25, -0.2) is 0 Å². The normalized spacial score (nSPS) is 9.44. The second kappa shape index (κ2) is 4.94. The Hall–Kier alpha value is -2.34. The molecule has 2 aromatic rings. The summed E-state index contributed by atoms with van der Waals surface area (Å²) in [6, 6.07) is 15.6. The molecule has 1 heterocycles. The summed E-state index contributed by atoms with van der Waals surface area (Å²) in [5.41, 5.74) is 5.07. The molecule has 2 rings (SSSR count). The lowest BCUT2D eigenvalue weighted by molar-refractivity contribution is -0.651. The van der Waals surface area contributed by atoms with Crippen molar-refractivity contribution in [3.05, 3.63) is 66.0 Å². The lowest BCUT2D eigenvalue weighted by Gasteiger charge is -2.00. The van der Waals surface area contributed by atoms with Crippen LogP contribution in [0, 0.1) is 11.3 Å². The molecule has 1 aromatic heterocycles. The Kier molecular flexibility index (Phi) is 3.15. The Morgan fingerprint density at radius 2 is 1.75 bits per heavy atom. The Labute approximate surface area is 94.6 Å². The van der Waals surface area contributed by atoms with E-state index in [9.17, 15) is 0 Å². The highest BCUT2D eigenvalue weighted by Gasteiger charge is 1.97. The van der Waals surface area contributed by atoms with Crippen LogP contribution in [-0.4, -0.2) is 0 Å². The van der Waals surface area contributed by atoms with E-state index in [0.717, 1.165) is 12.1 Å². The van der Waals surface area contributed by atoms with Gasteiger partial charge in [0.05, 0.1) is 18.2 Å². The standard InChI is InChI=1S/C13H12N3/c14-10-12-4-6-13(7-5-12)11-15-16-8-2-1-3-9-16/h1-9,15H,11H2/q+1. The molecule has 3 heteroatoms. The van der Waals surface area contributed by atoms with Gasteiger partial charge in [0.25, 0.3) is 0 Å². The van der Waals surface area contributed by atoms with Crippen LogP contribution in [0.4, 0.5) is 0 Å². The molecule has 78 valence electrons. The van der Waals surface area contributed by atoms with Crippen molar-refractivity contribution in [1.29, 1.82) is 5.26 Å². The summed E-state index contributed by atoms with van der Waals surface area (Å²) in [7, 11) is 0. The van der Waals surface area contributed by atoms with Crippen molar-refractivity contribution >= 4 is 0 Å². The maximum Gasteiger partial charge on any atom is 0.199 e. The third kappa shape index (κ3) is 2.58. The van der Waals surface area contributed by atoms with Crippen molar-refractivity contribution < 1.29 is 4.68 Å². The number of nitrogens with one attached hydrogen (secondary N) is 1. The van der Waals surface area contributed by atoms with Crippen molar-refractivity contribution in [2.24, 2.45) is 0 Å². The van der Waals surface area contributed by atoms with Gasteiger partial charge < -0.3 is 0 Å². The van der Waals surface area contributed by atoms with Crippen LogP contribution in [0.5, 0.6) is 0 Å². The van der Waals surface area contributed by atoms with Crippen molar-refractivity contribution in [3.63, 3.8) is 0 Å². The molecule has 0 fully saturated rings. The van der Waals surface area contributed by atoms with Crippen LogP contribution in [0.25, 0.3) is 0 Å². The van der Waals surface area contributed by atoms with Crippen LogP contribution in [0.15, 0.2) is 54.9 Å². The first kappa shape index (κ1) is 10.2. The van der Waals surface area contributed by atoms with E-state index >= 15 is 0 Å². The molecule has 0 radical (unpaired) electrons. The second-order valence-corrected chi connectivity index (χ2v) is 3.43. The maximum absolute atomic E-state index is 8.67. The predicted molar refractivity (Wildman–Crippen MR) is 60.9 cm³/mol. The zero-order valence-electron chi connectivity index (χ0n) is 8.80. The van der Waals surface area contributed by atoms with Gasteiger partial charge in [0.15, 0.2) is 12.4 Å². The van der Waals surface area contributed by atoms with Crippen molar-refractivity contribution in [1.82, 2.24) is 0 Å². The quantitative estimate of drug-likeness (QED) is 0.781. The fourth-order valence-corrected chi connectivity index (χ4v) is 1.38. The summed E-state index contributed by atoms with van der Waals surface area (Å²) in [6.45, 7) is 0.736. The molecule has 0 aliphatic heterocycles. The third-order valence-electron chi connectivity index (χ3n) is 2.26. The Morgan fingerprint density at radius 3 is 2.38 bits per heavy atom. The van der Waals surface area contributed by atoms with Crippen LogP contribution < -0.4 is 10.1 Å². The van der Waals surface area contributed by atoms with Crippen molar-refractivity contribution in [2.75, 3.05) is 5.43 Å². The first-order chi connectivity index (χ1) is 7.88. The van der Waals surface area contributed by atoms with E-state index in [4.69, 9.17) is 5.26 Å². The average molecular weight is 210 g/mol. The highest BCUT2D eigenvalue weighted by molar-refractivity contribution is 5.31. The summed E-state index contributed by atoms with van der Waals surface area (Å²) in [4.78, 5) is 0. The minimum Gasteiger partial charge on any atom is -0.192 e. The van der Waals surface area contributed by atoms with Gasteiger partial charge in [-0.1, -0.05) is 22.9 Å². The zero-order valence-corrected chi connectivity index (χ0v) is 8.80. The minimum atomic E-state index is 0.691. The molecule has 0 spiro atoms. The van der Waals surface area contributed by atoms with Gasteiger partial charge in [-0.05, 0) is 17.7 Å². The zero-order chi connectivity index (χ0) is 11.2. The van der Waals surface area contributed by atoms with Gasteiger partial charge in [-0.3, -0.25) is 0 Å². The lowest BCUT2D eigenvalue weighted by Crippen LogP contribution is -2.43. The minimum absolute atomic E-state index is 0.691. The summed E-state index contributed by atoms with van der Waals surface area (Å²) in [5, 5.41) is 8.67. The molecular weight excluding hydrogens is 198 g/mol. The SMILES string of the molecule is N#Cc1ccc(CN[n+]2ccccc2)cc1. The molecule has 0 saturated heterocycles. The van der Waals surface area contributed by atoms with Gasteiger partial charge in [0.1, 0.15) is 0 Å². The predicted octanol–water partition coefficient (Wildman–Crippen LogP) is 1.59. The smallest absolute Gasteiger partial charge is 0.192 e. The van der Waals surface area contributed by atoms with Gasteiger partial charge in [0, 0.05) is 12.1 Å². The Morgan fingerprint density at radius 1 is 1.06 bits per heavy atom. The molecule has 0 aliphatic rings. The monoisotopic (exact) mass is 210 g/mol. The first-order valence-corrected chi connectivity index (χ1v) is 5.08. The van der Waals surface area contributed by atoms with Gasteiger partial charge >= 0.3 is 0 Å². The van der Waals surface area contributed by atoms with E-state index in [1.165, 1.54) is 0 Å². The Balaban J connectivity index is 1.98. The van der Waals surface area contributed by atoms with Gasteiger partial charge in [0.2, 0.25) is 0 Å². The topological polar surface area (TPSA) is 39.7 Å². The number of benzene rings is 1. The molecule has 0 amide bonds. The highest BCUT2D eigenvalue weighted by Crippen LogP contribution is 2.02. The van der Waals surface area contributed by atoms with E-state index in [2.05, 4.69) is 11.5 Å². The van der Waals surface area contributed by atoms with Crippen LogP contribution in [0.1, 0.15) is 11.1 Å². The summed E-state index contributed by atoms with van der Waals surface area (Å²) in [5.74, 6) is 0. The van der Waals surface area contributed by atoms with Gasteiger partial charge in [-0.15, -0.1) is 0 Å². The molecule has 0 unspecified atom stereocenters. The van der Waals surface area contributed by atoms with E-state index in [1.807, 2.05) is 59.5 Å². The molecule has 0 aliphatic carbocycles. The number of aromatic nitrogens is 1. The molecule has 16 heavy (non-hydrogen) atoms. The number of nitriles is 1. The molecule has 3 nitrogen and oxygen atoms in total. The molecule has 0 bridgehead atoms. The number of nitrogens with zero attached hydrogens (tertiary/aromatic N) is 2. The highest BCUT2D eigenvalue weighted by atomic mass is 15.4.